The van der Waals surface area contributed by atoms with Gasteiger partial charge in [0, 0.05) is 6.54 Å². The van der Waals surface area contributed by atoms with E-state index in [-0.39, 0.29) is 11.8 Å². The highest BCUT2D eigenvalue weighted by molar-refractivity contribution is 5.91. The number of hydrogen-bond acceptors (Lipinski definition) is 3. The minimum Gasteiger partial charge on any atom is -0.350 e. The molecule has 0 aliphatic rings. The number of aromatic amines is 1. The van der Waals surface area contributed by atoms with Gasteiger partial charge in [0.2, 0.25) is 0 Å². The smallest absolute Gasteiger partial charge is 0.273 e. The Morgan fingerprint density at radius 3 is 2.82 bits per heavy atom. The highest BCUT2D eigenvalue weighted by Crippen LogP contribution is 2.12. The summed E-state index contributed by atoms with van der Waals surface area (Å²) in [4.78, 5) is 11.6. The molecular formula is C12H14N4O. The first-order chi connectivity index (χ1) is 8.27. The van der Waals surface area contributed by atoms with Crippen molar-refractivity contribution in [1.82, 2.24) is 20.7 Å². The third-order valence-corrected chi connectivity index (χ3v) is 2.59. The van der Waals surface area contributed by atoms with Crippen LogP contribution in [0.1, 0.15) is 28.9 Å². The molecule has 5 nitrogen and oxygen atoms in total. The van der Waals surface area contributed by atoms with E-state index in [4.69, 9.17) is 0 Å². The maximum absolute atomic E-state index is 11.6. The number of rotatable bonds is 4. The largest absolute Gasteiger partial charge is 0.350 e. The van der Waals surface area contributed by atoms with Crippen molar-refractivity contribution in [3.8, 4) is 0 Å². The van der Waals surface area contributed by atoms with Gasteiger partial charge in [-0.25, -0.2) is 0 Å². The molecule has 0 aliphatic heterocycles. The van der Waals surface area contributed by atoms with Crippen molar-refractivity contribution in [3.05, 3.63) is 47.8 Å². The SMILES string of the molecule is CC(CNC(=O)c1cn[nH]n1)c1ccccc1. The van der Waals surface area contributed by atoms with Crippen LogP contribution in [-0.4, -0.2) is 27.9 Å². The molecule has 1 amide bonds. The van der Waals surface area contributed by atoms with E-state index in [1.165, 1.54) is 11.8 Å². The molecule has 17 heavy (non-hydrogen) atoms. The fourth-order valence-corrected chi connectivity index (χ4v) is 1.55. The predicted octanol–water partition coefficient (Wildman–Crippen LogP) is 1.34. The minimum atomic E-state index is -0.207. The van der Waals surface area contributed by atoms with Gasteiger partial charge < -0.3 is 5.32 Å². The molecule has 0 saturated carbocycles. The van der Waals surface area contributed by atoms with E-state index < -0.39 is 0 Å². The van der Waals surface area contributed by atoms with Crippen molar-refractivity contribution >= 4 is 5.91 Å². The average Bonchev–Trinajstić information content (AvgIpc) is 2.90. The second kappa shape index (κ2) is 5.25. The van der Waals surface area contributed by atoms with Crippen molar-refractivity contribution < 1.29 is 4.79 Å². The highest BCUT2D eigenvalue weighted by Gasteiger charge is 2.10. The summed E-state index contributed by atoms with van der Waals surface area (Å²) in [6.45, 7) is 2.65. The number of nitrogens with zero attached hydrogens (tertiary/aromatic N) is 2. The lowest BCUT2D eigenvalue weighted by Gasteiger charge is -2.12. The first-order valence-corrected chi connectivity index (χ1v) is 5.46. The first kappa shape index (κ1) is 11.3. The van der Waals surface area contributed by atoms with E-state index in [1.54, 1.807) is 0 Å². The first-order valence-electron chi connectivity index (χ1n) is 5.46. The standard InChI is InChI=1S/C12H14N4O/c1-9(10-5-3-2-4-6-10)7-13-12(17)11-8-14-16-15-11/h2-6,8-9H,7H2,1H3,(H,13,17)(H,14,15,16). The number of benzene rings is 1. The topological polar surface area (TPSA) is 70.7 Å². The summed E-state index contributed by atoms with van der Waals surface area (Å²) in [5, 5.41) is 12.5. The average molecular weight is 230 g/mol. The van der Waals surface area contributed by atoms with E-state index >= 15 is 0 Å². The number of aromatic nitrogens is 3. The van der Waals surface area contributed by atoms with Gasteiger partial charge in [-0.3, -0.25) is 4.79 Å². The van der Waals surface area contributed by atoms with Crippen molar-refractivity contribution in [2.24, 2.45) is 0 Å². The van der Waals surface area contributed by atoms with E-state index in [0.717, 1.165) is 0 Å². The highest BCUT2D eigenvalue weighted by atomic mass is 16.1. The number of nitrogens with one attached hydrogen (secondary N) is 2. The van der Waals surface area contributed by atoms with Crippen LogP contribution in [0.2, 0.25) is 0 Å². The molecule has 5 heteroatoms. The third kappa shape index (κ3) is 2.90. The summed E-state index contributed by atoms with van der Waals surface area (Å²) in [5.74, 6) is 0.0635. The molecule has 1 atom stereocenters. The van der Waals surface area contributed by atoms with E-state index in [0.29, 0.717) is 12.2 Å². The fraction of sp³-hybridized carbons (Fsp3) is 0.250. The van der Waals surface area contributed by atoms with Gasteiger partial charge in [-0.15, -0.1) is 0 Å². The summed E-state index contributed by atoms with van der Waals surface area (Å²) in [5.41, 5.74) is 1.51. The zero-order chi connectivity index (χ0) is 12.1. The molecule has 1 aromatic heterocycles. The number of carbonyl (C=O) groups is 1. The van der Waals surface area contributed by atoms with Crippen LogP contribution in [0.25, 0.3) is 0 Å². The summed E-state index contributed by atoms with van der Waals surface area (Å²) in [7, 11) is 0. The monoisotopic (exact) mass is 230 g/mol. The second-order valence-electron chi connectivity index (χ2n) is 3.88. The number of amides is 1. The van der Waals surface area contributed by atoms with E-state index in [2.05, 4.69) is 27.7 Å². The van der Waals surface area contributed by atoms with Crippen molar-refractivity contribution in [2.45, 2.75) is 12.8 Å². The van der Waals surface area contributed by atoms with Crippen LogP contribution in [0, 0.1) is 0 Å². The lowest BCUT2D eigenvalue weighted by atomic mass is 10.0. The molecule has 0 radical (unpaired) electrons. The predicted molar refractivity (Wildman–Crippen MR) is 63.6 cm³/mol. The van der Waals surface area contributed by atoms with Gasteiger partial charge in [-0.2, -0.15) is 15.4 Å². The van der Waals surface area contributed by atoms with Gasteiger partial charge in [-0.1, -0.05) is 37.3 Å². The molecule has 0 saturated heterocycles. The molecule has 0 spiro atoms. The second-order valence-corrected chi connectivity index (χ2v) is 3.88. The molecule has 1 heterocycles. The quantitative estimate of drug-likeness (QED) is 0.832. The molecule has 88 valence electrons. The Hall–Kier alpha value is -2.17. The van der Waals surface area contributed by atoms with Crippen molar-refractivity contribution in [3.63, 3.8) is 0 Å². The van der Waals surface area contributed by atoms with Crippen molar-refractivity contribution in [1.29, 1.82) is 0 Å². The Kier molecular flexibility index (Phi) is 3.49. The molecule has 1 aromatic carbocycles. The molecule has 2 aromatic rings. The summed E-state index contributed by atoms with van der Waals surface area (Å²) >= 11 is 0. The van der Waals surface area contributed by atoms with E-state index in [9.17, 15) is 4.79 Å². The van der Waals surface area contributed by atoms with Crippen LogP contribution in [-0.2, 0) is 0 Å². The lowest BCUT2D eigenvalue weighted by Crippen LogP contribution is -2.27. The van der Waals surface area contributed by atoms with Crippen LogP contribution < -0.4 is 5.32 Å². The number of H-pyrrole nitrogens is 1. The Labute approximate surface area is 99.2 Å². The van der Waals surface area contributed by atoms with Crippen LogP contribution in [0.5, 0.6) is 0 Å². The van der Waals surface area contributed by atoms with E-state index in [1.807, 2.05) is 30.3 Å². The Morgan fingerprint density at radius 1 is 1.41 bits per heavy atom. The van der Waals surface area contributed by atoms with Crippen LogP contribution in [0.4, 0.5) is 0 Å². The Balaban J connectivity index is 1.89. The molecule has 2 rings (SSSR count). The van der Waals surface area contributed by atoms with Crippen LogP contribution in [0.15, 0.2) is 36.5 Å². The molecule has 2 N–H and O–H groups in total. The molecule has 1 unspecified atom stereocenters. The maximum Gasteiger partial charge on any atom is 0.273 e. The number of carbonyl (C=O) groups excluding carboxylic acids is 1. The molecule has 0 fully saturated rings. The van der Waals surface area contributed by atoms with Gasteiger partial charge in [0.15, 0.2) is 5.69 Å². The zero-order valence-corrected chi connectivity index (χ0v) is 9.55. The van der Waals surface area contributed by atoms with Crippen LogP contribution in [0.3, 0.4) is 0 Å². The van der Waals surface area contributed by atoms with Gasteiger partial charge >= 0.3 is 0 Å². The molecular weight excluding hydrogens is 216 g/mol. The Morgan fingerprint density at radius 2 is 2.18 bits per heavy atom. The summed E-state index contributed by atoms with van der Waals surface area (Å²) in [6, 6.07) is 10.1. The van der Waals surface area contributed by atoms with Gasteiger partial charge in [0.05, 0.1) is 6.20 Å². The Bertz CT molecular complexity index is 467. The normalized spacial score (nSPS) is 12.1. The number of hydrogen-bond donors (Lipinski definition) is 2. The summed E-state index contributed by atoms with van der Waals surface area (Å²) in [6.07, 6.45) is 1.41. The van der Waals surface area contributed by atoms with Crippen molar-refractivity contribution in [2.75, 3.05) is 6.54 Å². The van der Waals surface area contributed by atoms with Gasteiger partial charge in [-0.05, 0) is 11.5 Å². The zero-order valence-electron chi connectivity index (χ0n) is 9.55. The van der Waals surface area contributed by atoms with Gasteiger partial charge in [0.1, 0.15) is 0 Å². The molecule has 0 aliphatic carbocycles. The lowest BCUT2D eigenvalue weighted by molar-refractivity contribution is 0.0946. The maximum atomic E-state index is 11.6. The minimum absolute atomic E-state index is 0.207. The van der Waals surface area contributed by atoms with Crippen LogP contribution >= 0.6 is 0 Å². The summed E-state index contributed by atoms with van der Waals surface area (Å²) < 4.78 is 0. The third-order valence-electron chi connectivity index (χ3n) is 2.59. The molecule has 0 bridgehead atoms. The fourth-order valence-electron chi connectivity index (χ4n) is 1.55. The van der Waals surface area contributed by atoms with Gasteiger partial charge in [0.25, 0.3) is 5.91 Å².